The van der Waals surface area contributed by atoms with E-state index in [2.05, 4.69) is 0 Å². The lowest BCUT2D eigenvalue weighted by atomic mass is 10.0. The number of nitrogens with zero attached hydrogens (tertiary/aromatic N) is 2. The number of H-pyrrole nitrogens is 1. The van der Waals surface area contributed by atoms with Crippen molar-refractivity contribution in [2.75, 3.05) is 31.7 Å². The fourth-order valence-corrected chi connectivity index (χ4v) is 4.02. The van der Waals surface area contributed by atoms with Crippen molar-refractivity contribution in [3.63, 3.8) is 0 Å². The van der Waals surface area contributed by atoms with Gasteiger partial charge in [0.1, 0.15) is 17.4 Å². The van der Waals surface area contributed by atoms with Crippen LogP contribution in [0.1, 0.15) is 30.9 Å². The van der Waals surface area contributed by atoms with Crippen LogP contribution in [0.25, 0.3) is 10.9 Å². The zero-order valence-corrected chi connectivity index (χ0v) is 15.4. The SMILES string of the molecule is COc1c(N2CC(F)C(CO)C2)c(F)c(C(F)F)c2c(=O)[nH]c(=O)n(C3CC3)c12. The quantitative estimate of drug-likeness (QED) is 0.726. The van der Waals surface area contributed by atoms with Gasteiger partial charge in [0.05, 0.1) is 24.7 Å². The van der Waals surface area contributed by atoms with Crippen molar-refractivity contribution in [1.82, 2.24) is 9.55 Å². The molecule has 0 bridgehead atoms. The Kier molecular flexibility index (Phi) is 4.80. The average Bonchev–Trinajstić information content (AvgIpc) is 3.42. The van der Waals surface area contributed by atoms with E-state index in [9.17, 15) is 27.9 Å². The number of rotatable bonds is 5. The van der Waals surface area contributed by atoms with E-state index in [1.807, 2.05) is 4.98 Å². The summed E-state index contributed by atoms with van der Waals surface area (Å²) >= 11 is 0. The number of halogens is 4. The maximum atomic E-state index is 15.3. The molecule has 0 radical (unpaired) electrons. The molecule has 1 aliphatic carbocycles. The second-order valence-corrected chi connectivity index (χ2v) is 7.36. The third kappa shape index (κ3) is 2.98. The Morgan fingerprint density at radius 3 is 2.48 bits per heavy atom. The predicted octanol–water partition coefficient (Wildman–Crippen LogP) is 1.88. The summed E-state index contributed by atoms with van der Waals surface area (Å²) in [4.78, 5) is 28.0. The number of ether oxygens (including phenoxy) is 1. The Morgan fingerprint density at radius 1 is 1.28 bits per heavy atom. The molecule has 2 unspecified atom stereocenters. The monoisotopic (exact) mass is 417 g/mol. The van der Waals surface area contributed by atoms with Crippen LogP contribution in [-0.4, -0.2) is 47.6 Å². The van der Waals surface area contributed by atoms with Gasteiger partial charge in [0, 0.05) is 25.0 Å². The molecule has 7 nitrogen and oxygen atoms in total. The molecule has 1 aliphatic heterocycles. The molecule has 2 aliphatic rings. The lowest BCUT2D eigenvalue weighted by Crippen LogP contribution is -2.32. The van der Waals surface area contributed by atoms with Crippen LogP contribution in [0.15, 0.2) is 9.59 Å². The molecular weight excluding hydrogens is 398 g/mol. The molecule has 2 fully saturated rings. The number of hydrogen-bond donors (Lipinski definition) is 2. The van der Waals surface area contributed by atoms with Gasteiger partial charge in [-0.05, 0) is 12.8 Å². The van der Waals surface area contributed by atoms with Crippen molar-refractivity contribution in [2.45, 2.75) is 31.5 Å². The van der Waals surface area contributed by atoms with E-state index in [-0.39, 0.29) is 30.4 Å². The smallest absolute Gasteiger partial charge is 0.329 e. The molecule has 1 saturated carbocycles. The fraction of sp³-hybridized carbons (Fsp3) is 0.556. The number of aliphatic hydroxyl groups excluding tert-OH is 1. The lowest BCUT2D eigenvalue weighted by molar-refractivity contribution is 0.148. The van der Waals surface area contributed by atoms with Crippen molar-refractivity contribution in [2.24, 2.45) is 5.92 Å². The third-order valence-electron chi connectivity index (χ3n) is 5.53. The van der Waals surface area contributed by atoms with Crippen molar-refractivity contribution >= 4 is 16.6 Å². The fourth-order valence-electron chi connectivity index (χ4n) is 4.02. The van der Waals surface area contributed by atoms with Gasteiger partial charge in [-0.15, -0.1) is 0 Å². The molecule has 0 spiro atoms. The summed E-state index contributed by atoms with van der Waals surface area (Å²) < 4.78 is 63.6. The Morgan fingerprint density at radius 2 is 1.97 bits per heavy atom. The lowest BCUT2D eigenvalue weighted by Gasteiger charge is -2.25. The highest BCUT2D eigenvalue weighted by molar-refractivity contribution is 5.94. The molecule has 11 heteroatoms. The molecule has 158 valence electrons. The Balaban J connectivity index is 2.12. The Hall–Kier alpha value is -2.56. The third-order valence-corrected chi connectivity index (χ3v) is 5.53. The highest BCUT2D eigenvalue weighted by Crippen LogP contribution is 2.47. The maximum absolute atomic E-state index is 15.3. The summed E-state index contributed by atoms with van der Waals surface area (Å²) in [5.41, 5.74) is -3.76. The number of nitrogens with one attached hydrogen (secondary N) is 1. The number of alkyl halides is 3. The number of anilines is 1. The molecule has 29 heavy (non-hydrogen) atoms. The minimum atomic E-state index is -3.36. The van der Waals surface area contributed by atoms with E-state index >= 15 is 4.39 Å². The van der Waals surface area contributed by atoms with Crippen LogP contribution in [-0.2, 0) is 0 Å². The highest BCUT2D eigenvalue weighted by Gasteiger charge is 2.39. The Bertz CT molecular complexity index is 1080. The first-order valence-electron chi connectivity index (χ1n) is 9.16. The van der Waals surface area contributed by atoms with Crippen molar-refractivity contribution in [3.8, 4) is 5.75 Å². The first-order valence-corrected chi connectivity index (χ1v) is 9.16. The molecule has 1 saturated heterocycles. The second-order valence-electron chi connectivity index (χ2n) is 7.36. The second kappa shape index (κ2) is 7.05. The van der Waals surface area contributed by atoms with Crippen LogP contribution >= 0.6 is 0 Å². The predicted molar refractivity (Wildman–Crippen MR) is 96.3 cm³/mol. The van der Waals surface area contributed by atoms with E-state index in [0.717, 1.165) is 11.7 Å². The van der Waals surface area contributed by atoms with Crippen LogP contribution in [0.3, 0.4) is 0 Å². The van der Waals surface area contributed by atoms with Crippen LogP contribution in [0.4, 0.5) is 23.2 Å². The number of aromatic nitrogens is 2. The van der Waals surface area contributed by atoms with Crippen LogP contribution < -0.4 is 20.9 Å². The van der Waals surface area contributed by atoms with Gasteiger partial charge >= 0.3 is 5.69 Å². The van der Waals surface area contributed by atoms with Gasteiger partial charge in [-0.3, -0.25) is 14.3 Å². The number of benzene rings is 1. The number of methoxy groups -OCH3 is 1. The summed E-state index contributed by atoms with van der Waals surface area (Å²) in [7, 11) is 1.16. The zero-order valence-electron chi connectivity index (χ0n) is 15.4. The van der Waals surface area contributed by atoms with Crippen molar-refractivity contribution in [3.05, 3.63) is 32.2 Å². The summed E-state index contributed by atoms with van der Waals surface area (Å²) in [6.07, 6.45) is -3.68. The normalized spacial score (nSPS) is 22.1. The van der Waals surface area contributed by atoms with Crippen molar-refractivity contribution < 1.29 is 27.4 Å². The van der Waals surface area contributed by atoms with E-state index < -0.39 is 58.8 Å². The molecular formula is C18H19F4N3O4. The van der Waals surface area contributed by atoms with Crippen LogP contribution in [0.2, 0.25) is 0 Å². The van der Waals surface area contributed by atoms with Gasteiger partial charge in [-0.25, -0.2) is 22.4 Å². The first-order chi connectivity index (χ1) is 13.8. The summed E-state index contributed by atoms with van der Waals surface area (Å²) in [6, 6.07) is -0.336. The first kappa shape index (κ1) is 19.7. The molecule has 2 N–H and O–H groups in total. The molecule has 2 heterocycles. The molecule has 0 amide bonds. The highest BCUT2D eigenvalue weighted by atomic mass is 19.3. The largest absolute Gasteiger partial charge is 0.492 e. The van der Waals surface area contributed by atoms with E-state index in [1.165, 1.54) is 4.90 Å². The van der Waals surface area contributed by atoms with Gasteiger partial charge in [-0.1, -0.05) is 0 Å². The Labute approximate surface area is 161 Å². The molecule has 2 atom stereocenters. The molecule has 1 aromatic heterocycles. The van der Waals surface area contributed by atoms with Crippen molar-refractivity contribution in [1.29, 1.82) is 0 Å². The van der Waals surface area contributed by atoms with Gasteiger partial charge in [0.2, 0.25) is 0 Å². The number of aromatic amines is 1. The zero-order chi connectivity index (χ0) is 21.0. The average molecular weight is 417 g/mol. The summed E-state index contributed by atoms with van der Waals surface area (Å²) in [5.74, 6) is -2.50. The van der Waals surface area contributed by atoms with Gasteiger partial charge in [-0.2, -0.15) is 0 Å². The van der Waals surface area contributed by atoms with Gasteiger partial charge in [0.15, 0.2) is 11.6 Å². The topological polar surface area (TPSA) is 87.6 Å². The van der Waals surface area contributed by atoms with Crippen LogP contribution in [0.5, 0.6) is 5.75 Å². The molecule has 1 aromatic carbocycles. The minimum Gasteiger partial charge on any atom is -0.492 e. The maximum Gasteiger partial charge on any atom is 0.329 e. The van der Waals surface area contributed by atoms with E-state index in [0.29, 0.717) is 12.8 Å². The van der Waals surface area contributed by atoms with Gasteiger partial charge in [0.25, 0.3) is 12.0 Å². The van der Waals surface area contributed by atoms with Gasteiger partial charge < -0.3 is 14.7 Å². The number of hydrogen-bond acceptors (Lipinski definition) is 5. The standard InChI is InChI=1S/C18H19F4N3O4/c1-29-15-13-11(17(27)23-18(28)25(13)8-2-3-8)10(16(21)22)12(20)14(15)24-4-7(6-26)9(19)5-24/h7-9,16,26H,2-6H2,1H3,(H,23,27,28). The minimum absolute atomic E-state index is 0.129. The van der Waals surface area contributed by atoms with E-state index in [1.54, 1.807) is 0 Å². The van der Waals surface area contributed by atoms with Crippen LogP contribution in [0, 0.1) is 11.7 Å². The summed E-state index contributed by atoms with van der Waals surface area (Å²) in [5, 5.41) is 8.65. The number of fused-ring (bicyclic) bond motifs is 1. The number of aliphatic hydroxyl groups is 1. The molecule has 4 rings (SSSR count). The molecule has 2 aromatic rings. The summed E-state index contributed by atoms with van der Waals surface area (Å²) in [6.45, 7) is -0.969. The van der Waals surface area contributed by atoms with E-state index in [4.69, 9.17) is 4.74 Å².